The highest BCUT2D eigenvalue weighted by Gasteiger charge is 2.24. The number of thioether (sulfide) groups is 2. The van der Waals surface area contributed by atoms with Crippen molar-refractivity contribution in [1.29, 1.82) is 0 Å². The highest BCUT2D eigenvalue weighted by molar-refractivity contribution is 8.00. The normalized spacial score (nSPS) is 16.5. The molecule has 2 aromatic carbocycles. The van der Waals surface area contributed by atoms with E-state index in [4.69, 9.17) is 0 Å². The molecule has 0 N–H and O–H groups in total. The molecule has 0 fully saturated rings. The Bertz CT molecular complexity index is 994. The van der Waals surface area contributed by atoms with Crippen LogP contribution in [0.25, 0.3) is 5.69 Å². The van der Waals surface area contributed by atoms with Gasteiger partial charge in [0.05, 0.1) is 17.1 Å². The third-order valence-electron chi connectivity index (χ3n) is 4.50. The van der Waals surface area contributed by atoms with E-state index in [-0.39, 0.29) is 17.5 Å². The van der Waals surface area contributed by atoms with Crippen LogP contribution >= 0.6 is 23.5 Å². The van der Waals surface area contributed by atoms with Gasteiger partial charge in [-0.3, -0.25) is 9.36 Å². The minimum Gasteiger partial charge on any atom is -0.311 e. The first-order chi connectivity index (χ1) is 13.6. The van der Waals surface area contributed by atoms with Crippen LogP contribution in [0.5, 0.6) is 0 Å². The first-order valence-electron chi connectivity index (χ1n) is 8.97. The molecule has 144 valence electrons. The lowest BCUT2D eigenvalue weighted by atomic mass is 10.2. The molecule has 4 rings (SSSR count). The third kappa shape index (κ3) is 3.93. The first-order valence-corrected chi connectivity index (χ1v) is 10.8. The molecule has 3 aromatic rings. The minimum atomic E-state index is -0.358. The Morgan fingerprint density at radius 1 is 1.21 bits per heavy atom. The second-order valence-electron chi connectivity index (χ2n) is 6.45. The van der Waals surface area contributed by atoms with Crippen molar-refractivity contribution in [3.63, 3.8) is 0 Å². The molecule has 28 heavy (non-hydrogen) atoms. The van der Waals surface area contributed by atoms with E-state index >= 15 is 0 Å². The lowest BCUT2D eigenvalue weighted by Gasteiger charge is -2.22. The van der Waals surface area contributed by atoms with Gasteiger partial charge in [-0.05, 0) is 30.7 Å². The fourth-order valence-electron chi connectivity index (χ4n) is 3.09. The zero-order chi connectivity index (χ0) is 19.5. The van der Waals surface area contributed by atoms with E-state index in [0.29, 0.717) is 22.6 Å². The van der Waals surface area contributed by atoms with Crippen LogP contribution < -0.4 is 4.90 Å². The van der Waals surface area contributed by atoms with Gasteiger partial charge in [0, 0.05) is 16.7 Å². The molecular weight excluding hydrogens is 395 g/mol. The molecule has 0 spiro atoms. The maximum atomic E-state index is 14.1. The number of hydrogen-bond acceptors (Lipinski definition) is 5. The molecular formula is C20H19FN4OS2. The number of amides is 1. The Kier molecular flexibility index (Phi) is 5.68. The topological polar surface area (TPSA) is 51.0 Å². The number of rotatable bonds is 4. The van der Waals surface area contributed by atoms with Crippen LogP contribution in [-0.4, -0.2) is 38.2 Å². The van der Waals surface area contributed by atoms with Crippen molar-refractivity contribution in [3.05, 3.63) is 60.7 Å². The largest absolute Gasteiger partial charge is 0.311 e. The molecule has 0 saturated carbocycles. The molecule has 1 aromatic heterocycles. The van der Waals surface area contributed by atoms with Crippen LogP contribution in [0.2, 0.25) is 0 Å². The minimum absolute atomic E-state index is 0.00948. The van der Waals surface area contributed by atoms with Gasteiger partial charge in [0.1, 0.15) is 12.1 Å². The summed E-state index contributed by atoms with van der Waals surface area (Å²) in [7, 11) is 0. The number of benzene rings is 2. The van der Waals surface area contributed by atoms with Gasteiger partial charge in [0.25, 0.3) is 0 Å². The summed E-state index contributed by atoms with van der Waals surface area (Å²) in [6, 6.07) is 14.4. The Balaban J connectivity index is 1.52. The van der Waals surface area contributed by atoms with Gasteiger partial charge in [-0.15, -0.1) is 22.0 Å². The van der Waals surface area contributed by atoms with Crippen LogP contribution in [0.3, 0.4) is 0 Å². The van der Waals surface area contributed by atoms with Crippen molar-refractivity contribution in [2.45, 2.75) is 28.6 Å². The zero-order valence-corrected chi connectivity index (χ0v) is 16.9. The van der Waals surface area contributed by atoms with E-state index in [0.717, 1.165) is 17.0 Å². The van der Waals surface area contributed by atoms with Crippen LogP contribution in [0.4, 0.5) is 10.1 Å². The molecule has 2 heterocycles. The van der Waals surface area contributed by atoms with Crippen LogP contribution in [-0.2, 0) is 4.79 Å². The first kappa shape index (κ1) is 19.0. The SMILES string of the molecule is C[C@@H]1CCN(C(=O)CSc2nncn2-c2ccccc2F)c2ccccc2S1. The summed E-state index contributed by atoms with van der Waals surface area (Å²) < 4.78 is 15.7. The van der Waals surface area contributed by atoms with E-state index in [1.807, 2.05) is 23.1 Å². The third-order valence-corrected chi connectivity index (χ3v) is 6.66. The molecule has 0 saturated heterocycles. The summed E-state index contributed by atoms with van der Waals surface area (Å²) in [4.78, 5) is 16.0. The smallest absolute Gasteiger partial charge is 0.237 e. The number of halogens is 1. The molecule has 0 radical (unpaired) electrons. The van der Waals surface area contributed by atoms with E-state index in [9.17, 15) is 9.18 Å². The molecule has 1 amide bonds. The van der Waals surface area contributed by atoms with E-state index in [1.165, 1.54) is 24.2 Å². The molecule has 5 nitrogen and oxygen atoms in total. The van der Waals surface area contributed by atoms with E-state index < -0.39 is 0 Å². The predicted octanol–water partition coefficient (Wildman–Crippen LogP) is 4.42. The van der Waals surface area contributed by atoms with Crippen molar-refractivity contribution in [1.82, 2.24) is 14.8 Å². The average Bonchev–Trinajstić information content (AvgIpc) is 3.09. The van der Waals surface area contributed by atoms with Crippen molar-refractivity contribution >= 4 is 35.1 Å². The summed E-state index contributed by atoms with van der Waals surface area (Å²) in [6.07, 6.45) is 2.39. The fourth-order valence-corrected chi connectivity index (χ4v) is 5.00. The van der Waals surface area contributed by atoms with Gasteiger partial charge in [-0.1, -0.05) is 43.0 Å². The number of aromatic nitrogens is 3. The quantitative estimate of drug-likeness (QED) is 0.592. The summed E-state index contributed by atoms with van der Waals surface area (Å²) in [5.41, 5.74) is 1.32. The predicted molar refractivity (Wildman–Crippen MR) is 111 cm³/mol. The number of carbonyl (C=O) groups excluding carboxylic acids is 1. The second-order valence-corrected chi connectivity index (χ2v) is 8.88. The van der Waals surface area contributed by atoms with Crippen LogP contribution in [0, 0.1) is 5.82 Å². The van der Waals surface area contributed by atoms with Crippen LogP contribution in [0.1, 0.15) is 13.3 Å². The van der Waals surface area contributed by atoms with Gasteiger partial charge in [0.15, 0.2) is 5.16 Å². The van der Waals surface area contributed by atoms with Gasteiger partial charge < -0.3 is 4.90 Å². The summed E-state index contributed by atoms with van der Waals surface area (Å²) >= 11 is 3.07. The molecule has 0 bridgehead atoms. The summed E-state index contributed by atoms with van der Waals surface area (Å²) in [5.74, 6) is -0.140. The maximum absolute atomic E-state index is 14.1. The number of para-hydroxylation sites is 2. The highest BCUT2D eigenvalue weighted by Crippen LogP contribution is 2.37. The highest BCUT2D eigenvalue weighted by atomic mass is 32.2. The van der Waals surface area contributed by atoms with E-state index in [1.54, 1.807) is 34.5 Å². The Labute approximate surface area is 171 Å². The lowest BCUT2D eigenvalue weighted by molar-refractivity contribution is -0.116. The van der Waals surface area contributed by atoms with Crippen LogP contribution in [0.15, 0.2) is 64.9 Å². The number of nitrogens with zero attached hydrogens (tertiary/aromatic N) is 4. The van der Waals surface area contributed by atoms with Crippen molar-refractivity contribution in [3.8, 4) is 5.69 Å². The van der Waals surface area contributed by atoms with Gasteiger partial charge >= 0.3 is 0 Å². The standard InChI is InChI=1S/C20H19FN4OS2/c1-14-10-11-24(17-8-4-5-9-18(17)28-14)19(26)12-27-20-23-22-13-25(20)16-7-3-2-6-15(16)21/h2-9,13-14H,10-12H2,1H3/t14-/m1/s1. The summed E-state index contributed by atoms with van der Waals surface area (Å²) in [6.45, 7) is 2.87. The summed E-state index contributed by atoms with van der Waals surface area (Å²) in [5, 5.41) is 8.89. The number of hydrogen-bond donors (Lipinski definition) is 0. The van der Waals surface area contributed by atoms with Crippen molar-refractivity contribution in [2.24, 2.45) is 0 Å². The monoisotopic (exact) mass is 414 g/mol. The molecule has 0 unspecified atom stereocenters. The van der Waals surface area contributed by atoms with E-state index in [2.05, 4.69) is 23.2 Å². The second kappa shape index (κ2) is 8.36. The Morgan fingerprint density at radius 3 is 2.79 bits per heavy atom. The molecule has 1 aliphatic rings. The fraction of sp³-hybridized carbons (Fsp3) is 0.250. The molecule has 1 aliphatic heterocycles. The molecule has 1 atom stereocenters. The Hall–Kier alpha value is -2.32. The maximum Gasteiger partial charge on any atom is 0.237 e. The number of anilines is 1. The Morgan fingerprint density at radius 2 is 1.96 bits per heavy atom. The zero-order valence-electron chi connectivity index (χ0n) is 15.3. The van der Waals surface area contributed by atoms with Gasteiger partial charge in [0.2, 0.25) is 5.91 Å². The molecule has 8 heteroatoms. The van der Waals surface area contributed by atoms with Crippen molar-refractivity contribution < 1.29 is 9.18 Å². The number of fused-ring (bicyclic) bond motifs is 1. The molecule has 0 aliphatic carbocycles. The van der Waals surface area contributed by atoms with Gasteiger partial charge in [-0.2, -0.15) is 0 Å². The van der Waals surface area contributed by atoms with Crippen molar-refractivity contribution in [2.75, 3.05) is 17.2 Å². The van der Waals surface area contributed by atoms with Gasteiger partial charge in [-0.25, -0.2) is 4.39 Å². The average molecular weight is 415 g/mol. The number of carbonyl (C=O) groups is 1. The lowest BCUT2D eigenvalue weighted by Crippen LogP contribution is -2.33.